The van der Waals surface area contributed by atoms with E-state index in [4.69, 9.17) is 17.7 Å². The van der Waals surface area contributed by atoms with Crippen LogP contribution in [0.25, 0.3) is 0 Å². The van der Waals surface area contributed by atoms with Crippen LogP contribution in [0.1, 0.15) is 25.8 Å². The van der Waals surface area contributed by atoms with Crippen molar-refractivity contribution >= 4 is 19.3 Å². The third-order valence-corrected chi connectivity index (χ3v) is 2.55. The second-order valence-corrected chi connectivity index (χ2v) is 4.41. The van der Waals surface area contributed by atoms with Gasteiger partial charge in [-0.3, -0.25) is 4.79 Å². The summed E-state index contributed by atoms with van der Waals surface area (Å²) in [6.45, 7) is 3.72. The van der Waals surface area contributed by atoms with Gasteiger partial charge < -0.3 is 9.84 Å². The Morgan fingerprint density at radius 3 is 2.62 bits per heavy atom. The lowest BCUT2D eigenvalue weighted by Crippen LogP contribution is -2.24. The van der Waals surface area contributed by atoms with Crippen molar-refractivity contribution in [1.29, 1.82) is 0 Å². The summed E-state index contributed by atoms with van der Waals surface area (Å²) < 4.78 is 5.22. The highest BCUT2D eigenvalue weighted by Gasteiger charge is 2.27. The SMILES string of the molecule is [B]c1ccc(OC)c(C(C)(C)CC(=O)O)c1. The van der Waals surface area contributed by atoms with Gasteiger partial charge in [-0.25, -0.2) is 0 Å². The van der Waals surface area contributed by atoms with Crippen LogP contribution in [0.15, 0.2) is 18.2 Å². The second kappa shape index (κ2) is 4.60. The molecule has 2 radical (unpaired) electrons. The van der Waals surface area contributed by atoms with Gasteiger partial charge >= 0.3 is 5.97 Å². The highest BCUT2D eigenvalue weighted by Crippen LogP contribution is 2.33. The summed E-state index contributed by atoms with van der Waals surface area (Å²) in [5.74, 6) is -0.171. The highest BCUT2D eigenvalue weighted by molar-refractivity contribution is 6.32. The minimum absolute atomic E-state index is 0.0345. The van der Waals surface area contributed by atoms with Gasteiger partial charge in [0.1, 0.15) is 13.6 Å². The topological polar surface area (TPSA) is 46.5 Å². The Morgan fingerprint density at radius 2 is 2.12 bits per heavy atom. The van der Waals surface area contributed by atoms with Gasteiger partial charge in [-0.1, -0.05) is 31.4 Å². The Hall–Kier alpha value is -1.45. The number of hydrogen-bond acceptors (Lipinski definition) is 2. The zero-order chi connectivity index (χ0) is 12.3. The second-order valence-electron chi connectivity index (χ2n) is 4.41. The first kappa shape index (κ1) is 12.6. The van der Waals surface area contributed by atoms with Gasteiger partial charge in [0.15, 0.2) is 0 Å². The fourth-order valence-corrected chi connectivity index (χ4v) is 1.73. The molecule has 1 aromatic rings. The number of ether oxygens (including phenoxy) is 1. The van der Waals surface area contributed by atoms with Crippen molar-refractivity contribution in [2.24, 2.45) is 0 Å². The fourth-order valence-electron chi connectivity index (χ4n) is 1.73. The van der Waals surface area contributed by atoms with Crippen molar-refractivity contribution in [2.75, 3.05) is 7.11 Å². The van der Waals surface area contributed by atoms with Gasteiger partial charge in [0.2, 0.25) is 0 Å². The van der Waals surface area contributed by atoms with Crippen LogP contribution in [-0.4, -0.2) is 26.0 Å². The molecular weight excluding hydrogens is 203 g/mol. The average Bonchev–Trinajstić information content (AvgIpc) is 2.15. The molecule has 0 heterocycles. The molecule has 84 valence electrons. The van der Waals surface area contributed by atoms with Crippen LogP contribution in [0.5, 0.6) is 5.75 Å². The third-order valence-electron chi connectivity index (χ3n) is 2.55. The summed E-state index contributed by atoms with van der Waals surface area (Å²) in [4.78, 5) is 10.8. The molecule has 0 bridgehead atoms. The normalized spacial score (nSPS) is 11.2. The number of carboxylic acid groups (broad SMARTS) is 1. The van der Waals surface area contributed by atoms with Crippen LogP contribution >= 0.6 is 0 Å². The predicted molar refractivity (Wildman–Crippen MR) is 63.7 cm³/mol. The van der Waals surface area contributed by atoms with Crippen molar-refractivity contribution in [3.8, 4) is 5.75 Å². The number of hydrogen-bond donors (Lipinski definition) is 1. The van der Waals surface area contributed by atoms with Crippen molar-refractivity contribution in [1.82, 2.24) is 0 Å². The van der Waals surface area contributed by atoms with Crippen molar-refractivity contribution in [2.45, 2.75) is 25.7 Å². The molecule has 0 aliphatic carbocycles. The molecule has 1 aromatic carbocycles. The molecule has 0 aliphatic rings. The van der Waals surface area contributed by atoms with Crippen LogP contribution in [0, 0.1) is 0 Å². The summed E-state index contributed by atoms with van der Waals surface area (Å²) in [6, 6.07) is 5.26. The molecule has 0 fully saturated rings. The first-order chi connectivity index (χ1) is 7.36. The van der Waals surface area contributed by atoms with Gasteiger partial charge in [-0.05, 0) is 11.6 Å². The lowest BCUT2D eigenvalue weighted by molar-refractivity contribution is -0.138. The van der Waals surface area contributed by atoms with E-state index < -0.39 is 11.4 Å². The Balaban J connectivity index is 3.18. The molecule has 0 spiro atoms. The summed E-state index contributed by atoms with van der Waals surface area (Å²) >= 11 is 0. The van der Waals surface area contributed by atoms with E-state index in [1.165, 1.54) is 0 Å². The number of aliphatic carboxylic acids is 1. The zero-order valence-corrected chi connectivity index (χ0v) is 9.78. The van der Waals surface area contributed by atoms with Crippen LogP contribution in [0.2, 0.25) is 0 Å². The number of benzene rings is 1. The minimum Gasteiger partial charge on any atom is -0.496 e. The molecule has 0 unspecified atom stereocenters. The lowest BCUT2D eigenvalue weighted by Gasteiger charge is -2.25. The molecule has 16 heavy (non-hydrogen) atoms. The molecular formula is C12H15BO3. The van der Waals surface area contributed by atoms with E-state index in [1.807, 2.05) is 13.8 Å². The van der Waals surface area contributed by atoms with E-state index in [-0.39, 0.29) is 6.42 Å². The molecule has 0 amide bonds. The van der Waals surface area contributed by atoms with Crippen LogP contribution in [0.4, 0.5) is 0 Å². The Morgan fingerprint density at radius 1 is 1.50 bits per heavy atom. The number of carbonyl (C=O) groups is 1. The quantitative estimate of drug-likeness (QED) is 0.773. The summed E-state index contributed by atoms with van der Waals surface area (Å²) in [5, 5.41) is 8.87. The monoisotopic (exact) mass is 218 g/mol. The van der Waals surface area contributed by atoms with Crippen LogP contribution < -0.4 is 10.2 Å². The molecule has 0 saturated carbocycles. The molecule has 3 nitrogen and oxygen atoms in total. The average molecular weight is 218 g/mol. The third kappa shape index (κ3) is 2.78. The van der Waals surface area contributed by atoms with Gasteiger partial charge in [-0.15, -0.1) is 0 Å². The number of carboxylic acids is 1. The molecule has 1 rings (SSSR count). The van der Waals surface area contributed by atoms with E-state index in [0.717, 1.165) is 5.56 Å². The number of rotatable bonds is 4. The van der Waals surface area contributed by atoms with Crippen LogP contribution in [0.3, 0.4) is 0 Å². The van der Waals surface area contributed by atoms with Crippen LogP contribution in [-0.2, 0) is 10.2 Å². The van der Waals surface area contributed by atoms with Crippen molar-refractivity contribution in [3.05, 3.63) is 23.8 Å². The maximum absolute atomic E-state index is 10.8. The molecule has 0 saturated heterocycles. The van der Waals surface area contributed by atoms with Crippen molar-refractivity contribution < 1.29 is 14.6 Å². The van der Waals surface area contributed by atoms with Gasteiger partial charge in [0, 0.05) is 5.41 Å². The standard InChI is InChI=1S/C12H15BO3/c1-12(2,7-11(14)15)9-6-8(13)4-5-10(9)16-3/h4-6H,7H2,1-3H3,(H,14,15). The van der Waals surface area contributed by atoms with E-state index in [2.05, 4.69) is 0 Å². The Kier molecular flexibility index (Phi) is 3.63. The first-order valence-corrected chi connectivity index (χ1v) is 5.02. The largest absolute Gasteiger partial charge is 0.496 e. The minimum atomic E-state index is -0.838. The molecule has 0 atom stereocenters. The summed E-state index contributed by atoms with van der Waals surface area (Å²) in [5.41, 5.74) is 0.915. The predicted octanol–water partition coefficient (Wildman–Crippen LogP) is 1.24. The first-order valence-electron chi connectivity index (χ1n) is 5.02. The maximum atomic E-state index is 10.8. The molecule has 1 N–H and O–H groups in total. The van der Waals surface area contributed by atoms with E-state index >= 15 is 0 Å². The van der Waals surface area contributed by atoms with Gasteiger partial charge in [0.05, 0.1) is 13.5 Å². The van der Waals surface area contributed by atoms with E-state index in [9.17, 15) is 4.79 Å². The summed E-state index contributed by atoms with van der Waals surface area (Å²) in [6.07, 6.45) is 0.0345. The van der Waals surface area contributed by atoms with Crippen molar-refractivity contribution in [3.63, 3.8) is 0 Å². The fraction of sp³-hybridized carbons (Fsp3) is 0.417. The maximum Gasteiger partial charge on any atom is 0.304 e. The smallest absolute Gasteiger partial charge is 0.304 e. The zero-order valence-electron chi connectivity index (χ0n) is 9.78. The van der Waals surface area contributed by atoms with E-state index in [1.54, 1.807) is 25.3 Å². The Labute approximate surface area is 96.8 Å². The lowest BCUT2D eigenvalue weighted by atomic mass is 9.78. The Bertz CT molecular complexity index is 399. The molecule has 0 aromatic heterocycles. The summed E-state index contributed by atoms with van der Waals surface area (Å²) in [7, 11) is 7.27. The molecule has 4 heteroatoms. The van der Waals surface area contributed by atoms with Gasteiger partial charge in [0.25, 0.3) is 0 Å². The van der Waals surface area contributed by atoms with Gasteiger partial charge in [-0.2, -0.15) is 0 Å². The highest BCUT2D eigenvalue weighted by atomic mass is 16.5. The number of methoxy groups -OCH3 is 1. The van der Waals surface area contributed by atoms with E-state index in [0.29, 0.717) is 11.2 Å². The molecule has 0 aliphatic heterocycles.